The predicted molar refractivity (Wildman–Crippen MR) is 122 cm³/mol. The Bertz CT molecular complexity index is 1140. The highest BCUT2D eigenvalue weighted by Gasteiger charge is 2.24. The van der Waals surface area contributed by atoms with Crippen LogP contribution in [0.4, 0.5) is 17.1 Å². The summed E-state index contributed by atoms with van der Waals surface area (Å²) >= 11 is 5.25. The Labute approximate surface area is 178 Å². The Morgan fingerprint density at radius 2 is 1.73 bits per heavy atom. The van der Waals surface area contributed by atoms with Crippen molar-refractivity contribution in [2.24, 2.45) is 0 Å². The molecule has 8 heteroatoms. The third-order valence-corrected chi connectivity index (χ3v) is 5.32. The first-order valence-corrected chi connectivity index (χ1v) is 10.1. The van der Waals surface area contributed by atoms with Crippen molar-refractivity contribution < 1.29 is 9.72 Å². The van der Waals surface area contributed by atoms with E-state index in [0.29, 0.717) is 5.69 Å². The van der Waals surface area contributed by atoms with Crippen LogP contribution in [-0.2, 0) is 0 Å². The van der Waals surface area contributed by atoms with Crippen molar-refractivity contribution in [2.75, 3.05) is 23.3 Å². The second-order valence-electron chi connectivity index (χ2n) is 7.12. The van der Waals surface area contributed by atoms with Crippen molar-refractivity contribution in [3.8, 4) is 0 Å². The van der Waals surface area contributed by atoms with Gasteiger partial charge in [0.15, 0.2) is 5.11 Å². The number of benzene rings is 3. The van der Waals surface area contributed by atoms with Gasteiger partial charge in [-0.25, -0.2) is 0 Å². The van der Waals surface area contributed by atoms with Crippen LogP contribution in [0, 0.1) is 10.1 Å². The summed E-state index contributed by atoms with van der Waals surface area (Å²) in [5.41, 5.74) is 1.41. The number of nitrogens with zero attached hydrogens (tertiary/aromatic N) is 2. The molecule has 1 heterocycles. The third kappa shape index (κ3) is 4.23. The summed E-state index contributed by atoms with van der Waals surface area (Å²) in [4.78, 5) is 25.7. The summed E-state index contributed by atoms with van der Waals surface area (Å²) < 4.78 is 0. The highest BCUT2D eigenvalue weighted by molar-refractivity contribution is 7.80. The maximum absolute atomic E-state index is 12.6. The molecule has 0 radical (unpaired) electrons. The molecular formula is C22H20N4O3S. The number of carbonyl (C=O) groups excluding carboxylic acids is 1. The van der Waals surface area contributed by atoms with E-state index in [1.54, 1.807) is 12.1 Å². The van der Waals surface area contributed by atoms with E-state index in [9.17, 15) is 14.9 Å². The molecule has 1 aliphatic heterocycles. The van der Waals surface area contributed by atoms with E-state index >= 15 is 0 Å². The Morgan fingerprint density at radius 1 is 1.00 bits per heavy atom. The number of nitro benzene ring substituents is 1. The monoisotopic (exact) mass is 420 g/mol. The average molecular weight is 420 g/mol. The number of thiocarbonyl (C=S) groups is 1. The van der Waals surface area contributed by atoms with E-state index in [4.69, 9.17) is 12.2 Å². The molecule has 2 N–H and O–H groups in total. The van der Waals surface area contributed by atoms with Gasteiger partial charge in [0, 0.05) is 30.4 Å². The zero-order chi connectivity index (χ0) is 21.1. The fourth-order valence-electron chi connectivity index (χ4n) is 3.64. The molecule has 7 nitrogen and oxygen atoms in total. The van der Waals surface area contributed by atoms with E-state index in [2.05, 4.69) is 10.6 Å². The van der Waals surface area contributed by atoms with Gasteiger partial charge in [-0.15, -0.1) is 0 Å². The highest BCUT2D eigenvalue weighted by atomic mass is 32.1. The molecule has 0 saturated carbocycles. The Morgan fingerprint density at radius 3 is 2.47 bits per heavy atom. The second kappa shape index (κ2) is 8.46. The number of amides is 1. The lowest BCUT2D eigenvalue weighted by Gasteiger charge is -2.18. The first-order valence-electron chi connectivity index (χ1n) is 9.66. The van der Waals surface area contributed by atoms with Gasteiger partial charge in [0.2, 0.25) is 0 Å². The highest BCUT2D eigenvalue weighted by Crippen LogP contribution is 2.31. The van der Waals surface area contributed by atoms with Gasteiger partial charge in [-0.2, -0.15) is 0 Å². The lowest BCUT2D eigenvalue weighted by molar-refractivity contribution is -0.384. The number of nitrogens with one attached hydrogen (secondary N) is 2. The van der Waals surface area contributed by atoms with Crippen LogP contribution in [0.5, 0.6) is 0 Å². The van der Waals surface area contributed by atoms with Gasteiger partial charge in [-0.05, 0) is 60.1 Å². The van der Waals surface area contributed by atoms with E-state index in [1.807, 2.05) is 47.4 Å². The third-order valence-electron chi connectivity index (χ3n) is 5.12. The fourth-order valence-corrected chi connectivity index (χ4v) is 3.85. The number of anilines is 2. The molecule has 3 aromatic carbocycles. The van der Waals surface area contributed by atoms with Gasteiger partial charge in [0.05, 0.1) is 4.92 Å². The van der Waals surface area contributed by atoms with E-state index < -0.39 is 10.8 Å². The first kappa shape index (κ1) is 19.8. The van der Waals surface area contributed by atoms with Crippen LogP contribution < -0.4 is 15.5 Å². The molecule has 1 saturated heterocycles. The Balaban J connectivity index is 1.47. The molecule has 0 aliphatic carbocycles. The molecule has 0 spiro atoms. The standard InChI is InChI=1S/C22H20N4O3S/c27-21(17-8-10-19(20(14-17)26(28)29)25-11-3-4-12-25)24-22(30)23-18-9-7-15-5-1-2-6-16(15)13-18/h1-2,5-10,13-14H,3-4,11-12H2,(H2,23,24,27,30). The molecule has 1 amide bonds. The first-order chi connectivity index (χ1) is 14.5. The lowest BCUT2D eigenvalue weighted by Crippen LogP contribution is -2.34. The largest absolute Gasteiger partial charge is 0.366 e. The Kier molecular flexibility index (Phi) is 5.58. The van der Waals surface area contributed by atoms with Gasteiger partial charge in [0.25, 0.3) is 11.6 Å². The molecule has 30 heavy (non-hydrogen) atoms. The van der Waals surface area contributed by atoms with Crippen molar-refractivity contribution in [1.82, 2.24) is 5.32 Å². The average Bonchev–Trinajstić information content (AvgIpc) is 3.27. The quantitative estimate of drug-likeness (QED) is 0.368. The number of fused-ring (bicyclic) bond motifs is 1. The SMILES string of the molecule is O=C(NC(=S)Nc1ccc2ccccc2c1)c1ccc(N2CCCC2)c([N+](=O)[O-])c1. The summed E-state index contributed by atoms with van der Waals surface area (Å²) in [6.07, 6.45) is 2.02. The van der Waals surface area contributed by atoms with Crippen molar-refractivity contribution in [3.63, 3.8) is 0 Å². The molecule has 0 aromatic heterocycles. The summed E-state index contributed by atoms with van der Waals surface area (Å²) in [5, 5.41) is 19.4. The molecule has 0 atom stereocenters. The van der Waals surface area contributed by atoms with Gasteiger partial charge in [-0.1, -0.05) is 30.3 Å². The molecule has 0 bridgehead atoms. The number of rotatable bonds is 4. The minimum atomic E-state index is -0.496. The number of nitro groups is 1. The molecule has 152 valence electrons. The summed E-state index contributed by atoms with van der Waals surface area (Å²) in [6, 6.07) is 18.2. The van der Waals surface area contributed by atoms with Crippen LogP contribution in [0.3, 0.4) is 0 Å². The van der Waals surface area contributed by atoms with Gasteiger partial charge >= 0.3 is 0 Å². The van der Waals surface area contributed by atoms with Crippen molar-refractivity contribution >= 4 is 51.1 Å². The van der Waals surface area contributed by atoms with Gasteiger partial charge < -0.3 is 10.2 Å². The topological polar surface area (TPSA) is 87.5 Å². The predicted octanol–water partition coefficient (Wildman–Crippen LogP) is 4.48. The zero-order valence-corrected chi connectivity index (χ0v) is 16.9. The van der Waals surface area contributed by atoms with Crippen LogP contribution in [0.25, 0.3) is 10.8 Å². The van der Waals surface area contributed by atoms with Crippen LogP contribution in [0.1, 0.15) is 23.2 Å². The van der Waals surface area contributed by atoms with Crippen molar-refractivity contribution in [1.29, 1.82) is 0 Å². The molecule has 3 aromatic rings. The van der Waals surface area contributed by atoms with Gasteiger partial charge in [0.1, 0.15) is 5.69 Å². The number of hydrogen-bond acceptors (Lipinski definition) is 5. The summed E-state index contributed by atoms with van der Waals surface area (Å²) in [5.74, 6) is -0.496. The van der Waals surface area contributed by atoms with Crippen molar-refractivity contribution in [2.45, 2.75) is 12.8 Å². The fraction of sp³-hybridized carbons (Fsp3) is 0.182. The second-order valence-corrected chi connectivity index (χ2v) is 7.53. The molecule has 1 aliphatic rings. The lowest BCUT2D eigenvalue weighted by atomic mass is 10.1. The van der Waals surface area contributed by atoms with E-state index in [0.717, 1.165) is 42.4 Å². The molecule has 1 fully saturated rings. The van der Waals surface area contributed by atoms with Gasteiger partial charge in [-0.3, -0.25) is 20.2 Å². The minimum Gasteiger partial charge on any atom is -0.366 e. The van der Waals surface area contributed by atoms with Crippen LogP contribution in [-0.4, -0.2) is 29.0 Å². The van der Waals surface area contributed by atoms with Crippen molar-refractivity contribution in [3.05, 3.63) is 76.3 Å². The maximum Gasteiger partial charge on any atom is 0.293 e. The van der Waals surface area contributed by atoms with Crippen LogP contribution >= 0.6 is 12.2 Å². The molecule has 0 unspecified atom stereocenters. The minimum absolute atomic E-state index is 0.0713. The maximum atomic E-state index is 12.6. The Hall–Kier alpha value is -3.52. The molecule has 4 rings (SSSR count). The number of carbonyl (C=O) groups is 1. The molecular weight excluding hydrogens is 400 g/mol. The van der Waals surface area contributed by atoms with E-state index in [1.165, 1.54) is 6.07 Å². The van der Waals surface area contributed by atoms with Crippen LogP contribution in [0.15, 0.2) is 60.7 Å². The van der Waals surface area contributed by atoms with E-state index in [-0.39, 0.29) is 16.4 Å². The van der Waals surface area contributed by atoms with Crippen LogP contribution in [0.2, 0.25) is 0 Å². The summed E-state index contributed by atoms with van der Waals surface area (Å²) in [6.45, 7) is 1.57. The summed E-state index contributed by atoms with van der Waals surface area (Å²) in [7, 11) is 0. The smallest absolute Gasteiger partial charge is 0.293 e. The normalized spacial score (nSPS) is 13.3. The zero-order valence-electron chi connectivity index (χ0n) is 16.1. The number of hydrogen-bond donors (Lipinski definition) is 2.